The molecular weight excluding hydrogens is 266 g/mol. The number of aliphatic hydroxyl groups excluding tert-OH is 1. The van der Waals surface area contributed by atoms with E-state index >= 15 is 0 Å². The summed E-state index contributed by atoms with van der Waals surface area (Å²) in [6, 6.07) is 14.0. The number of amides is 1. The van der Waals surface area contributed by atoms with E-state index in [2.05, 4.69) is 5.32 Å². The van der Waals surface area contributed by atoms with E-state index in [9.17, 15) is 4.79 Å². The molecule has 0 radical (unpaired) electrons. The number of carbonyl (C=O) groups excluding carboxylic acids is 1. The number of halogens is 1. The van der Waals surface area contributed by atoms with Crippen LogP contribution in [0.25, 0.3) is 0 Å². The maximum Gasteiger partial charge on any atom is 0.250 e. The zero-order valence-electron chi connectivity index (χ0n) is 9.97. The van der Waals surface area contributed by atoms with Gasteiger partial charge in [-0.1, -0.05) is 35.9 Å². The molecule has 98 valence electrons. The molecule has 0 aliphatic heterocycles. The fraction of sp³-hybridized carbons (Fsp3) is 0.0714. The maximum atomic E-state index is 11.2. The van der Waals surface area contributed by atoms with Crippen LogP contribution in [0.3, 0.4) is 0 Å². The van der Waals surface area contributed by atoms with Crippen molar-refractivity contribution in [2.45, 2.75) is 0 Å². The molecule has 2 N–H and O–H groups in total. The molecule has 0 aliphatic carbocycles. The summed E-state index contributed by atoms with van der Waals surface area (Å²) in [6.07, 6.45) is 0. The number of anilines is 1. The van der Waals surface area contributed by atoms with Gasteiger partial charge in [0, 0.05) is 0 Å². The smallest absolute Gasteiger partial charge is 0.250 e. The molecule has 0 bridgehead atoms. The average Bonchev–Trinajstić information content (AvgIpc) is 2.43. The zero-order valence-corrected chi connectivity index (χ0v) is 10.7. The van der Waals surface area contributed by atoms with Crippen molar-refractivity contribution in [2.75, 3.05) is 11.9 Å². The van der Waals surface area contributed by atoms with Crippen LogP contribution in [0.5, 0.6) is 11.5 Å². The molecule has 4 nitrogen and oxygen atoms in total. The molecule has 0 spiro atoms. The quantitative estimate of drug-likeness (QED) is 0.903. The maximum absolute atomic E-state index is 11.2. The summed E-state index contributed by atoms with van der Waals surface area (Å²) in [7, 11) is 0. The Hall–Kier alpha value is -2.04. The van der Waals surface area contributed by atoms with E-state index in [0.29, 0.717) is 22.2 Å². The first-order valence-corrected chi connectivity index (χ1v) is 6.00. The van der Waals surface area contributed by atoms with Crippen molar-refractivity contribution in [3.8, 4) is 11.5 Å². The van der Waals surface area contributed by atoms with Crippen LogP contribution in [0.1, 0.15) is 0 Å². The van der Waals surface area contributed by atoms with Crippen molar-refractivity contribution in [2.24, 2.45) is 0 Å². The second-order valence-electron chi connectivity index (χ2n) is 3.73. The molecule has 1 amide bonds. The second kappa shape index (κ2) is 6.22. The fourth-order valence-electron chi connectivity index (χ4n) is 1.49. The Morgan fingerprint density at radius 3 is 2.42 bits per heavy atom. The first kappa shape index (κ1) is 13.4. The van der Waals surface area contributed by atoms with Gasteiger partial charge in [0.2, 0.25) is 5.91 Å². The molecule has 0 heterocycles. The molecule has 5 heteroatoms. The first-order valence-electron chi connectivity index (χ1n) is 5.63. The minimum atomic E-state index is -0.583. The monoisotopic (exact) mass is 277 g/mol. The van der Waals surface area contributed by atoms with E-state index < -0.39 is 12.5 Å². The van der Waals surface area contributed by atoms with Gasteiger partial charge >= 0.3 is 0 Å². The van der Waals surface area contributed by atoms with Gasteiger partial charge in [0.15, 0.2) is 5.75 Å². The van der Waals surface area contributed by atoms with Crippen LogP contribution in [0.4, 0.5) is 5.69 Å². The third-order valence-electron chi connectivity index (χ3n) is 2.36. The standard InChI is InChI=1S/C14H12ClNO3/c15-10-5-1-3-7-12(10)19-13-8-4-2-6-11(13)16-14(18)9-17/h1-8,17H,9H2,(H,16,18). The zero-order chi connectivity index (χ0) is 13.7. The third kappa shape index (κ3) is 3.47. The number of aliphatic hydroxyl groups is 1. The summed E-state index contributed by atoms with van der Waals surface area (Å²) < 4.78 is 5.66. The van der Waals surface area contributed by atoms with Gasteiger partial charge in [0.25, 0.3) is 0 Å². The van der Waals surface area contributed by atoms with Crippen molar-refractivity contribution in [1.29, 1.82) is 0 Å². The van der Waals surface area contributed by atoms with Gasteiger partial charge in [-0.05, 0) is 24.3 Å². The number of hydrogen-bond donors (Lipinski definition) is 2. The number of nitrogens with one attached hydrogen (secondary N) is 1. The van der Waals surface area contributed by atoms with Gasteiger partial charge in [-0.2, -0.15) is 0 Å². The Morgan fingerprint density at radius 1 is 1.11 bits per heavy atom. The highest BCUT2D eigenvalue weighted by Gasteiger charge is 2.08. The number of para-hydroxylation sites is 3. The Balaban J connectivity index is 2.25. The lowest BCUT2D eigenvalue weighted by Gasteiger charge is -2.12. The van der Waals surface area contributed by atoms with Gasteiger partial charge in [-0.25, -0.2) is 0 Å². The molecule has 2 aromatic rings. The molecule has 0 aliphatic rings. The van der Waals surface area contributed by atoms with Crippen molar-refractivity contribution >= 4 is 23.2 Å². The highest BCUT2D eigenvalue weighted by molar-refractivity contribution is 6.32. The van der Waals surface area contributed by atoms with Crippen LogP contribution in [-0.2, 0) is 4.79 Å². The van der Waals surface area contributed by atoms with E-state index in [1.54, 1.807) is 48.5 Å². The van der Waals surface area contributed by atoms with Crippen molar-refractivity contribution in [1.82, 2.24) is 0 Å². The van der Waals surface area contributed by atoms with Crippen LogP contribution in [0, 0.1) is 0 Å². The second-order valence-corrected chi connectivity index (χ2v) is 4.14. The highest BCUT2D eigenvalue weighted by atomic mass is 35.5. The van der Waals surface area contributed by atoms with E-state index in [0.717, 1.165) is 0 Å². The van der Waals surface area contributed by atoms with Gasteiger partial charge in [0.05, 0.1) is 10.7 Å². The average molecular weight is 278 g/mol. The molecule has 0 saturated carbocycles. The minimum Gasteiger partial charge on any atom is -0.454 e. The predicted molar refractivity (Wildman–Crippen MR) is 73.7 cm³/mol. The molecule has 0 aromatic heterocycles. The van der Waals surface area contributed by atoms with Gasteiger partial charge < -0.3 is 15.2 Å². The number of ether oxygens (including phenoxy) is 1. The summed E-state index contributed by atoms with van der Waals surface area (Å²) in [5.74, 6) is 0.447. The van der Waals surface area contributed by atoms with Crippen molar-refractivity contribution in [3.05, 3.63) is 53.6 Å². The minimum absolute atomic E-state index is 0.456. The Labute approximate surface area is 115 Å². The van der Waals surface area contributed by atoms with Crippen LogP contribution in [0.2, 0.25) is 5.02 Å². The lowest BCUT2D eigenvalue weighted by molar-refractivity contribution is -0.118. The molecule has 19 heavy (non-hydrogen) atoms. The lowest BCUT2D eigenvalue weighted by Crippen LogP contribution is -2.15. The fourth-order valence-corrected chi connectivity index (χ4v) is 1.67. The van der Waals surface area contributed by atoms with Crippen LogP contribution < -0.4 is 10.1 Å². The Morgan fingerprint density at radius 2 is 1.74 bits per heavy atom. The predicted octanol–water partition coefficient (Wildman–Crippen LogP) is 3.06. The summed E-state index contributed by atoms with van der Waals surface area (Å²) in [4.78, 5) is 11.2. The third-order valence-corrected chi connectivity index (χ3v) is 2.67. The summed E-state index contributed by atoms with van der Waals surface area (Å²) in [6.45, 7) is -0.583. The lowest BCUT2D eigenvalue weighted by atomic mass is 10.3. The SMILES string of the molecule is O=C(CO)Nc1ccccc1Oc1ccccc1Cl. The van der Waals surface area contributed by atoms with Gasteiger partial charge in [0.1, 0.15) is 12.4 Å². The van der Waals surface area contributed by atoms with Gasteiger partial charge in [-0.3, -0.25) is 4.79 Å². The van der Waals surface area contributed by atoms with Gasteiger partial charge in [-0.15, -0.1) is 0 Å². The molecule has 0 fully saturated rings. The topological polar surface area (TPSA) is 58.6 Å². The molecule has 0 atom stereocenters. The normalized spacial score (nSPS) is 10.0. The summed E-state index contributed by atoms with van der Waals surface area (Å²) >= 11 is 6.01. The number of rotatable bonds is 4. The van der Waals surface area contributed by atoms with E-state index in [1.165, 1.54) is 0 Å². The van der Waals surface area contributed by atoms with Crippen LogP contribution in [0.15, 0.2) is 48.5 Å². The molecule has 0 unspecified atom stereocenters. The summed E-state index contributed by atoms with van der Waals surface area (Å²) in [5, 5.41) is 11.8. The first-order chi connectivity index (χ1) is 9.20. The molecular formula is C14H12ClNO3. The van der Waals surface area contributed by atoms with Crippen LogP contribution >= 0.6 is 11.6 Å². The Bertz CT molecular complexity index is 586. The number of carbonyl (C=O) groups is 1. The highest BCUT2D eigenvalue weighted by Crippen LogP contribution is 2.33. The number of benzene rings is 2. The molecule has 2 rings (SSSR count). The molecule has 2 aromatic carbocycles. The number of hydrogen-bond acceptors (Lipinski definition) is 3. The molecule has 0 saturated heterocycles. The summed E-state index contributed by atoms with van der Waals surface area (Å²) in [5.41, 5.74) is 0.474. The van der Waals surface area contributed by atoms with E-state index in [1.807, 2.05) is 0 Å². The van der Waals surface area contributed by atoms with Crippen molar-refractivity contribution < 1.29 is 14.6 Å². The van der Waals surface area contributed by atoms with Crippen LogP contribution in [-0.4, -0.2) is 17.6 Å². The largest absolute Gasteiger partial charge is 0.454 e. The Kier molecular flexibility index (Phi) is 4.39. The van der Waals surface area contributed by atoms with E-state index in [4.69, 9.17) is 21.4 Å². The van der Waals surface area contributed by atoms with E-state index in [-0.39, 0.29) is 0 Å². The van der Waals surface area contributed by atoms with Crippen molar-refractivity contribution in [3.63, 3.8) is 0 Å².